The van der Waals surface area contributed by atoms with E-state index < -0.39 is 0 Å². The summed E-state index contributed by atoms with van der Waals surface area (Å²) in [5, 5.41) is 3.95. The molecule has 0 saturated carbocycles. The van der Waals surface area contributed by atoms with Gasteiger partial charge in [-0.2, -0.15) is 0 Å². The Hall–Kier alpha value is -1.81. The van der Waals surface area contributed by atoms with Gasteiger partial charge >= 0.3 is 0 Å². The van der Waals surface area contributed by atoms with Crippen LogP contribution in [-0.2, 0) is 6.42 Å². The van der Waals surface area contributed by atoms with Crippen molar-refractivity contribution < 1.29 is 9.26 Å². The Bertz CT molecular complexity index is 463. The van der Waals surface area contributed by atoms with Crippen LogP contribution in [0.15, 0.2) is 34.9 Å². The van der Waals surface area contributed by atoms with E-state index in [4.69, 9.17) is 15.0 Å². The first-order valence-electron chi connectivity index (χ1n) is 5.72. The molecule has 4 heteroatoms. The molecule has 2 N–H and O–H groups in total. The molecular formula is C13H16N2O2. The van der Waals surface area contributed by atoms with E-state index in [0.717, 1.165) is 29.2 Å². The smallest absolute Gasteiger partial charge is 0.167 e. The molecule has 0 spiro atoms. The van der Waals surface area contributed by atoms with Crippen molar-refractivity contribution in [1.82, 2.24) is 5.16 Å². The molecule has 90 valence electrons. The Morgan fingerprint density at radius 3 is 2.71 bits per heavy atom. The molecule has 2 aromatic rings. The number of hydrogen-bond donors (Lipinski definition) is 1. The standard InChI is InChI=1S/C13H16N2O2/c1-2-16-12-5-3-10(4-6-12)13-9-11(7-8-14)15-17-13/h3-6,9H,2,7-8,14H2,1H3. The maximum absolute atomic E-state index is 5.46. The zero-order valence-electron chi connectivity index (χ0n) is 9.85. The van der Waals surface area contributed by atoms with E-state index in [2.05, 4.69) is 5.16 Å². The van der Waals surface area contributed by atoms with Gasteiger partial charge in [-0.25, -0.2) is 0 Å². The first kappa shape index (κ1) is 11.7. The van der Waals surface area contributed by atoms with Crippen LogP contribution in [0.5, 0.6) is 5.75 Å². The van der Waals surface area contributed by atoms with Crippen LogP contribution in [0.2, 0.25) is 0 Å². The van der Waals surface area contributed by atoms with Crippen LogP contribution >= 0.6 is 0 Å². The van der Waals surface area contributed by atoms with Crippen molar-refractivity contribution in [3.8, 4) is 17.1 Å². The van der Waals surface area contributed by atoms with Gasteiger partial charge in [-0.3, -0.25) is 0 Å². The minimum atomic E-state index is 0.579. The van der Waals surface area contributed by atoms with E-state index in [-0.39, 0.29) is 0 Å². The number of hydrogen-bond acceptors (Lipinski definition) is 4. The molecule has 0 unspecified atom stereocenters. The van der Waals surface area contributed by atoms with Crippen molar-refractivity contribution in [3.63, 3.8) is 0 Å². The van der Waals surface area contributed by atoms with Gasteiger partial charge in [-0.1, -0.05) is 5.16 Å². The summed E-state index contributed by atoms with van der Waals surface area (Å²) in [5.74, 6) is 1.62. The van der Waals surface area contributed by atoms with Crippen molar-refractivity contribution in [2.24, 2.45) is 5.73 Å². The van der Waals surface area contributed by atoms with Crippen molar-refractivity contribution in [2.45, 2.75) is 13.3 Å². The zero-order chi connectivity index (χ0) is 12.1. The van der Waals surface area contributed by atoms with Gasteiger partial charge in [0.1, 0.15) is 5.75 Å². The normalized spacial score (nSPS) is 10.5. The lowest BCUT2D eigenvalue weighted by atomic mass is 10.1. The summed E-state index contributed by atoms with van der Waals surface area (Å²) >= 11 is 0. The highest BCUT2D eigenvalue weighted by Crippen LogP contribution is 2.23. The van der Waals surface area contributed by atoms with Crippen LogP contribution in [0.25, 0.3) is 11.3 Å². The van der Waals surface area contributed by atoms with Crippen LogP contribution in [0.4, 0.5) is 0 Å². The minimum absolute atomic E-state index is 0.579. The van der Waals surface area contributed by atoms with Crippen LogP contribution in [0.3, 0.4) is 0 Å². The molecule has 0 aliphatic carbocycles. The maximum atomic E-state index is 5.46. The Kier molecular flexibility index (Phi) is 3.77. The predicted molar refractivity (Wildman–Crippen MR) is 65.9 cm³/mol. The second-order valence-electron chi connectivity index (χ2n) is 3.68. The number of nitrogens with zero attached hydrogens (tertiary/aromatic N) is 1. The van der Waals surface area contributed by atoms with Gasteiger partial charge in [0.2, 0.25) is 0 Å². The molecular weight excluding hydrogens is 216 g/mol. The maximum Gasteiger partial charge on any atom is 0.167 e. The second kappa shape index (κ2) is 5.50. The molecule has 1 aromatic heterocycles. The van der Waals surface area contributed by atoms with E-state index in [1.54, 1.807) is 0 Å². The summed E-state index contributed by atoms with van der Waals surface area (Å²) in [4.78, 5) is 0. The number of nitrogens with two attached hydrogens (primary N) is 1. The molecule has 0 fully saturated rings. The summed E-state index contributed by atoms with van der Waals surface area (Å²) in [6.07, 6.45) is 0.737. The molecule has 4 nitrogen and oxygen atoms in total. The highest BCUT2D eigenvalue weighted by molar-refractivity contribution is 5.58. The highest BCUT2D eigenvalue weighted by atomic mass is 16.5. The van der Waals surface area contributed by atoms with Crippen molar-refractivity contribution in [3.05, 3.63) is 36.0 Å². The molecule has 0 aliphatic heterocycles. The molecule has 1 aromatic carbocycles. The van der Waals surface area contributed by atoms with E-state index in [1.165, 1.54) is 0 Å². The Morgan fingerprint density at radius 1 is 1.29 bits per heavy atom. The minimum Gasteiger partial charge on any atom is -0.494 e. The lowest BCUT2D eigenvalue weighted by molar-refractivity contribution is 0.340. The number of rotatable bonds is 5. The predicted octanol–water partition coefficient (Wildman–Crippen LogP) is 2.24. The van der Waals surface area contributed by atoms with Crippen molar-refractivity contribution in [2.75, 3.05) is 13.2 Å². The van der Waals surface area contributed by atoms with Crippen molar-refractivity contribution >= 4 is 0 Å². The van der Waals surface area contributed by atoms with Gasteiger partial charge in [0.25, 0.3) is 0 Å². The average Bonchev–Trinajstić information content (AvgIpc) is 2.80. The number of ether oxygens (including phenoxy) is 1. The lowest BCUT2D eigenvalue weighted by Gasteiger charge is -2.02. The molecule has 0 amide bonds. The van der Waals surface area contributed by atoms with Crippen LogP contribution in [-0.4, -0.2) is 18.3 Å². The van der Waals surface area contributed by atoms with Crippen molar-refractivity contribution in [1.29, 1.82) is 0 Å². The summed E-state index contributed by atoms with van der Waals surface area (Å²) in [6.45, 7) is 3.21. The zero-order valence-corrected chi connectivity index (χ0v) is 9.85. The third-order valence-electron chi connectivity index (χ3n) is 2.41. The van der Waals surface area contributed by atoms with Gasteiger partial charge in [0.05, 0.1) is 12.3 Å². The summed E-state index contributed by atoms with van der Waals surface area (Å²) in [6, 6.07) is 9.67. The van der Waals surface area contributed by atoms with Crippen LogP contribution in [0, 0.1) is 0 Å². The van der Waals surface area contributed by atoms with E-state index in [9.17, 15) is 0 Å². The van der Waals surface area contributed by atoms with Gasteiger partial charge in [0.15, 0.2) is 5.76 Å². The monoisotopic (exact) mass is 232 g/mol. The Labute approximate surface area is 100 Å². The first-order valence-corrected chi connectivity index (χ1v) is 5.72. The lowest BCUT2D eigenvalue weighted by Crippen LogP contribution is -2.02. The van der Waals surface area contributed by atoms with Gasteiger partial charge in [-0.05, 0) is 37.7 Å². The van der Waals surface area contributed by atoms with Crippen LogP contribution in [0.1, 0.15) is 12.6 Å². The molecule has 0 radical (unpaired) electrons. The topological polar surface area (TPSA) is 61.3 Å². The SMILES string of the molecule is CCOc1ccc(-c2cc(CCN)no2)cc1. The average molecular weight is 232 g/mol. The summed E-state index contributed by atoms with van der Waals surface area (Å²) in [7, 11) is 0. The fourth-order valence-electron chi connectivity index (χ4n) is 1.60. The first-order chi connectivity index (χ1) is 8.33. The third kappa shape index (κ3) is 2.85. The molecule has 0 bridgehead atoms. The summed E-state index contributed by atoms with van der Waals surface area (Å²) < 4.78 is 10.6. The second-order valence-corrected chi connectivity index (χ2v) is 3.68. The van der Waals surface area contributed by atoms with Gasteiger partial charge in [0, 0.05) is 18.1 Å². The molecule has 0 aliphatic rings. The molecule has 2 rings (SSSR count). The quantitative estimate of drug-likeness (QED) is 0.858. The van der Waals surface area contributed by atoms with Crippen LogP contribution < -0.4 is 10.5 Å². The molecule has 17 heavy (non-hydrogen) atoms. The van der Waals surface area contributed by atoms with Gasteiger partial charge < -0.3 is 15.0 Å². The highest BCUT2D eigenvalue weighted by Gasteiger charge is 2.06. The number of benzene rings is 1. The van der Waals surface area contributed by atoms with Gasteiger partial charge in [-0.15, -0.1) is 0 Å². The fourth-order valence-corrected chi connectivity index (χ4v) is 1.60. The molecule has 1 heterocycles. The molecule has 0 saturated heterocycles. The molecule has 0 atom stereocenters. The van der Waals surface area contributed by atoms with E-state index in [0.29, 0.717) is 13.2 Å². The largest absolute Gasteiger partial charge is 0.494 e. The third-order valence-corrected chi connectivity index (χ3v) is 2.41. The summed E-state index contributed by atoms with van der Waals surface area (Å²) in [5.41, 5.74) is 7.34. The Morgan fingerprint density at radius 2 is 2.06 bits per heavy atom. The van der Waals surface area contributed by atoms with E-state index in [1.807, 2.05) is 37.3 Å². The van der Waals surface area contributed by atoms with E-state index >= 15 is 0 Å². The fraction of sp³-hybridized carbons (Fsp3) is 0.308. The Balaban J connectivity index is 2.15. The number of aromatic nitrogens is 1.